The fourth-order valence-corrected chi connectivity index (χ4v) is 3.31. The first kappa shape index (κ1) is 17.1. The fraction of sp³-hybridized carbons (Fsp3) is 0.286. The molecule has 1 heterocycles. The van der Waals surface area contributed by atoms with E-state index in [4.69, 9.17) is 9.47 Å². The van der Waals surface area contributed by atoms with Crippen LogP contribution in [0.3, 0.4) is 0 Å². The molecule has 0 aliphatic carbocycles. The van der Waals surface area contributed by atoms with Crippen molar-refractivity contribution in [1.82, 2.24) is 4.98 Å². The molecule has 4 nitrogen and oxygen atoms in total. The molecule has 2 unspecified atom stereocenters. The average molecular weight is 337 g/mol. The number of ether oxygens (including phenoxy) is 2. The van der Waals surface area contributed by atoms with Gasteiger partial charge in [-0.15, -0.1) is 0 Å². The molecular weight excluding hydrogens is 314 g/mol. The molecule has 0 radical (unpaired) electrons. The van der Waals surface area contributed by atoms with Gasteiger partial charge in [0, 0.05) is 23.0 Å². The van der Waals surface area contributed by atoms with E-state index in [1.807, 2.05) is 37.4 Å². The molecule has 0 saturated carbocycles. The number of aromatic nitrogens is 1. The summed E-state index contributed by atoms with van der Waals surface area (Å²) >= 11 is 0. The summed E-state index contributed by atoms with van der Waals surface area (Å²) in [6.07, 6.45) is 2.73. The molecule has 0 saturated heterocycles. The third-order valence-corrected chi connectivity index (χ3v) is 4.71. The second-order valence-corrected chi connectivity index (χ2v) is 6.28. The highest BCUT2D eigenvalue weighted by molar-refractivity contribution is 5.84. The van der Waals surface area contributed by atoms with Crippen molar-refractivity contribution in [1.29, 1.82) is 0 Å². The van der Waals surface area contributed by atoms with Crippen molar-refractivity contribution in [2.24, 2.45) is 5.92 Å². The highest BCUT2D eigenvalue weighted by atomic mass is 16.5. The Bertz CT molecular complexity index is 851. The molecule has 3 aromatic rings. The number of hydrogen-bond donors (Lipinski definition) is 1. The second-order valence-electron chi connectivity index (χ2n) is 6.28. The number of carbonyl (C=O) groups is 1. The number of fused-ring (bicyclic) bond motifs is 1. The number of para-hydroxylation sites is 1. The summed E-state index contributed by atoms with van der Waals surface area (Å²) in [5.74, 6) is 0.544. The van der Waals surface area contributed by atoms with Crippen LogP contribution in [0.5, 0.6) is 5.75 Å². The first-order chi connectivity index (χ1) is 12.1. The van der Waals surface area contributed by atoms with Crippen LogP contribution in [0, 0.1) is 5.92 Å². The lowest BCUT2D eigenvalue weighted by Crippen LogP contribution is -2.16. The third kappa shape index (κ3) is 3.53. The van der Waals surface area contributed by atoms with Crippen molar-refractivity contribution in [2.75, 3.05) is 14.2 Å². The van der Waals surface area contributed by atoms with E-state index in [9.17, 15) is 4.79 Å². The van der Waals surface area contributed by atoms with Crippen LogP contribution in [0.15, 0.2) is 54.7 Å². The maximum absolute atomic E-state index is 12.0. The van der Waals surface area contributed by atoms with Gasteiger partial charge < -0.3 is 14.5 Å². The molecule has 0 amide bonds. The molecule has 1 aromatic heterocycles. The molecule has 0 bridgehead atoms. The summed E-state index contributed by atoms with van der Waals surface area (Å²) in [5, 5.41) is 1.18. The van der Waals surface area contributed by atoms with E-state index in [0.717, 1.165) is 16.8 Å². The van der Waals surface area contributed by atoms with Crippen LogP contribution in [-0.4, -0.2) is 25.2 Å². The van der Waals surface area contributed by atoms with E-state index in [1.54, 1.807) is 7.11 Å². The Morgan fingerprint density at radius 2 is 1.80 bits per heavy atom. The molecule has 1 N–H and O–H groups in total. The van der Waals surface area contributed by atoms with Gasteiger partial charge in [0.1, 0.15) is 5.75 Å². The standard InChI is InChI=1S/C21H23NO3/c1-14(21(23)25-3)12-18(15-8-10-16(24-2)11-9-15)19-13-22-20-7-5-4-6-17(19)20/h4-11,13-14,18,22H,12H2,1-3H3. The molecule has 0 fully saturated rings. The number of nitrogens with one attached hydrogen (secondary N) is 1. The monoisotopic (exact) mass is 337 g/mol. The van der Waals surface area contributed by atoms with Gasteiger partial charge in [0.2, 0.25) is 0 Å². The summed E-state index contributed by atoms with van der Waals surface area (Å²) in [6, 6.07) is 16.3. The summed E-state index contributed by atoms with van der Waals surface area (Å²) in [5.41, 5.74) is 3.44. The molecule has 2 atom stereocenters. The van der Waals surface area contributed by atoms with Gasteiger partial charge in [0.25, 0.3) is 0 Å². The lowest BCUT2D eigenvalue weighted by Gasteiger charge is -2.20. The van der Waals surface area contributed by atoms with Gasteiger partial charge in [-0.05, 0) is 35.7 Å². The van der Waals surface area contributed by atoms with Crippen molar-refractivity contribution in [3.05, 3.63) is 65.9 Å². The molecule has 25 heavy (non-hydrogen) atoms. The van der Waals surface area contributed by atoms with Crippen molar-refractivity contribution < 1.29 is 14.3 Å². The van der Waals surface area contributed by atoms with Crippen LogP contribution in [0.1, 0.15) is 30.4 Å². The minimum Gasteiger partial charge on any atom is -0.497 e. The quantitative estimate of drug-likeness (QED) is 0.673. The number of benzene rings is 2. The minimum absolute atomic E-state index is 0.0937. The molecule has 4 heteroatoms. The van der Waals surface area contributed by atoms with Crippen LogP contribution in [0.4, 0.5) is 0 Å². The van der Waals surface area contributed by atoms with Crippen LogP contribution >= 0.6 is 0 Å². The highest BCUT2D eigenvalue weighted by Gasteiger charge is 2.24. The Balaban J connectivity index is 2.03. The van der Waals surface area contributed by atoms with Gasteiger partial charge in [-0.3, -0.25) is 4.79 Å². The smallest absolute Gasteiger partial charge is 0.308 e. The second kappa shape index (κ2) is 7.43. The summed E-state index contributed by atoms with van der Waals surface area (Å²) in [6.45, 7) is 1.91. The van der Waals surface area contributed by atoms with Crippen LogP contribution in [0.25, 0.3) is 10.9 Å². The van der Waals surface area contributed by atoms with E-state index in [1.165, 1.54) is 18.1 Å². The number of hydrogen-bond acceptors (Lipinski definition) is 3. The number of aromatic amines is 1. The van der Waals surface area contributed by atoms with Gasteiger partial charge in [-0.1, -0.05) is 37.3 Å². The van der Waals surface area contributed by atoms with E-state index in [-0.39, 0.29) is 17.8 Å². The molecule has 2 aromatic carbocycles. The zero-order chi connectivity index (χ0) is 17.8. The van der Waals surface area contributed by atoms with Gasteiger partial charge in [0.05, 0.1) is 20.1 Å². The zero-order valence-electron chi connectivity index (χ0n) is 14.8. The zero-order valence-corrected chi connectivity index (χ0v) is 14.8. The molecule has 0 aliphatic rings. The van der Waals surface area contributed by atoms with E-state index >= 15 is 0 Å². The summed E-state index contributed by atoms with van der Waals surface area (Å²) < 4.78 is 10.2. The van der Waals surface area contributed by atoms with Crippen molar-refractivity contribution in [3.63, 3.8) is 0 Å². The number of rotatable bonds is 6. The normalized spacial score (nSPS) is 13.4. The Labute approximate surface area is 147 Å². The SMILES string of the molecule is COC(=O)C(C)CC(c1ccc(OC)cc1)c1c[nH]c2ccccc12. The van der Waals surface area contributed by atoms with Crippen molar-refractivity contribution in [3.8, 4) is 5.75 Å². The average Bonchev–Trinajstić information content (AvgIpc) is 3.09. The summed E-state index contributed by atoms with van der Waals surface area (Å²) in [7, 11) is 3.10. The molecule has 0 spiro atoms. The van der Waals surface area contributed by atoms with Gasteiger partial charge in [-0.2, -0.15) is 0 Å². The third-order valence-electron chi connectivity index (χ3n) is 4.71. The van der Waals surface area contributed by atoms with Crippen molar-refractivity contribution in [2.45, 2.75) is 19.3 Å². The van der Waals surface area contributed by atoms with Crippen LogP contribution in [0.2, 0.25) is 0 Å². The number of methoxy groups -OCH3 is 2. The predicted octanol–water partition coefficient (Wildman–Crippen LogP) is 4.51. The Morgan fingerprint density at radius 1 is 1.08 bits per heavy atom. The molecule has 0 aliphatic heterocycles. The summed E-state index contributed by atoms with van der Waals surface area (Å²) in [4.78, 5) is 15.3. The Hall–Kier alpha value is -2.75. The minimum atomic E-state index is -0.189. The predicted molar refractivity (Wildman–Crippen MR) is 98.9 cm³/mol. The first-order valence-electron chi connectivity index (χ1n) is 8.41. The largest absolute Gasteiger partial charge is 0.497 e. The van der Waals surface area contributed by atoms with Crippen molar-refractivity contribution >= 4 is 16.9 Å². The number of H-pyrrole nitrogens is 1. The van der Waals surface area contributed by atoms with Gasteiger partial charge >= 0.3 is 5.97 Å². The van der Waals surface area contributed by atoms with Gasteiger partial charge in [0.15, 0.2) is 0 Å². The number of esters is 1. The first-order valence-corrected chi connectivity index (χ1v) is 8.41. The maximum atomic E-state index is 12.0. The number of carbonyl (C=O) groups excluding carboxylic acids is 1. The molecular formula is C21H23NO3. The van der Waals surface area contributed by atoms with Gasteiger partial charge in [-0.25, -0.2) is 0 Å². The lowest BCUT2D eigenvalue weighted by atomic mass is 9.84. The topological polar surface area (TPSA) is 51.3 Å². The lowest BCUT2D eigenvalue weighted by molar-refractivity contribution is -0.145. The maximum Gasteiger partial charge on any atom is 0.308 e. The molecule has 3 rings (SSSR count). The van der Waals surface area contributed by atoms with E-state index in [0.29, 0.717) is 6.42 Å². The Morgan fingerprint density at radius 3 is 2.48 bits per heavy atom. The highest BCUT2D eigenvalue weighted by Crippen LogP contribution is 2.36. The fourth-order valence-electron chi connectivity index (χ4n) is 3.31. The Kier molecular flexibility index (Phi) is 5.08. The van der Waals surface area contributed by atoms with E-state index in [2.05, 4.69) is 29.2 Å². The van der Waals surface area contributed by atoms with E-state index < -0.39 is 0 Å². The molecule has 130 valence electrons. The van der Waals surface area contributed by atoms with Crippen LogP contribution < -0.4 is 4.74 Å². The van der Waals surface area contributed by atoms with Crippen LogP contribution in [-0.2, 0) is 9.53 Å².